The lowest BCUT2D eigenvalue weighted by Gasteiger charge is -2.11. The Morgan fingerprint density at radius 1 is 1.31 bits per heavy atom. The normalized spacial score (nSPS) is 18.4. The smallest absolute Gasteiger partial charge is 0.136 e. The number of fused-ring (bicyclic) bond motifs is 1. The van der Waals surface area contributed by atoms with E-state index in [9.17, 15) is 0 Å². The fraction of sp³-hybridized carbons (Fsp3) is 0.364. The van der Waals surface area contributed by atoms with Gasteiger partial charge in [0.2, 0.25) is 0 Å². The van der Waals surface area contributed by atoms with E-state index in [0.29, 0.717) is 0 Å². The molecule has 0 radical (unpaired) electrons. The molecular weight excluding hydrogens is 160 g/mol. The highest BCUT2D eigenvalue weighted by atomic mass is 15.1. The molecule has 1 aliphatic heterocycles. The summed E-state index contributed by atoms with van der Waals surface area (Å²) in [5.41, 5.74) is 1.31. The summed E-state index contributed by atoms with van der Waals surface area (Å²) >= 11 is 0. The molecule has 0 aromatic carbocycles. The van der Waals surface area contributed by atoms with Crippen molar-refractivity contribution in [1.29, 1.82) is 0 Å². The minimum absolute atomic E-state index is 0.132. The summed E-state index contributed by atoms with van der Waals surface area (Å²) in [7, 11) is 0. The predicted molar refractivity (Wildman–Crippen MR) is 55.1 cm³/mol. The molecule has 1 aromatic rings. The zero-order valence-corrected chi connectivity index (χ0v) is 8.28. The first-order valence-electron chi connectivity index (χ1n) is 4.51. The minimum Gasteiger partial charge on any atom is -0.305 e. The van der Waals surface area contributed by atoms with Crippen molar-refractivity contribution in [3.63, 3.8) is 0 Å². The third-order valence-corrected chi connectivity index (χ3v) is 2.33. The Kier molecular flexibility index (Phi) is 1.65. The van der Waals surface area contributed by atoms with E-state index >= 15 is 0 Å². The summed E-state index contributed by atoms with van der Waals surface area (Å²) in [6.45, 7) is 6.43. The molecule has 0 saturated heterocycles. The Balaban J connectivity index is 2.54. The van der Waals surface area contributed by atoms with Crippen LogP contribution in [0.1, 0.15) is 25.4 Å². The monoisotopic (exact) mass is 174 g/mol. The van der Waals surface area contributed by atoms with Crippen LogP contribution in [0.2, 0.25) is 0 Å². The Bertz CT molecular complexity index is 381. The Morgan fingerprint density at radius 3 is 2.85 bits per heavy atom. The Hall–Kier alpha value is -1.31. The van der Waals surface area contributed by atoms with Crippen molar-refractivity contribution in [2.75, 3.05) is 0 Å². The van der Waals surface area contributed by atoms with E-state index in [0.717, 1.165) is 5.82 Å². The van der Waals surface area contributed by atoms with Gasteiger partial charge in [0, 0.05) is 23.5 Å². The molecule has 2 heterocycles. The van der Waals surface area contributed by atoms with E-state index in [-0.39, 0.29) is 5.41 Å². The molecule has 1 aliphatic rings. The number of hydrogen-bond donors (Lipinski definition) is 0. The van der Waals surface area contributed by atoms with Crippen LogP contribution in [0.15, 0.2) is 18.3 Å². The van der Waals surface area contributed by atoms with Crippen LogP contribution in [0.3, 0.4) is 0 Å². The summed E-state index contributed by atoms with van der Waals surface area (Å²) in [4.78, 5) is 4.31. The van der Waals surface area contributed by atoms with Crippen LogP contribution in [-0.2, 0) is 0 Å². The quantitative estimate of drug-likeness (QED) is 0.591. The van der Waals surface area contributed by atoms with Crippen molar-refractivity contribution in [1.82, 2.24) is 9.55 Å². The third-order valence-electron chi connectivity index (χ3n) is 2.33. The number of hydrogen-bond acceptors (Lipinski definition) is 1. The lowest BCUT2D eigenvalue weighted by molar-refractivity contribution is 0.632. The number of aryl methyl sites for hydroxylation is 1. The van der Waals surface area contributed by atoms with Crippen LogP contribution in [0, 0.1) is 12.3 Å². The van der Waals surface area contributed by atoms with Gasteiger partial charge in [0.1, 0.15) is 5.82 Å². The first-order chi connectivity index (χ1) is 6.08. The summed E-state index contributed by atoms with van der Waals surface area (Å²) in [6, 6.07) is 0. The van der Waals surface area contributed by atoms with Crippen LogP contribution in [0.5, 0.6) is 0 Å². The second-order valence-corrected chi connectivity index (χ2v) is 4.10. The number of aromatic nitrogens is 2. The van der Waals surface area contributed by atoms with Gasteiger partial charge in [0.15, 0.2) is 0 Å². The molecule has 68 valence electrons. The molecule has 0 aliphatic carbocycles. The van der Waals surface area contributed by atoms with Gasteiger partial charge in [-0.25, -0.2) is 4.98 Å². The summed E-state index contributed by atoms with van der Waals surface area (Å²) in [6.07, 6.45) is 10.4. The number of nitrogens with zero attached hydrogens (tertiary/aromatic N) is 2. The lowest BCUT2D eigenvalue weighted by atomic mass is 9.93. The molecule has 0 fully saturated rings. The van der Waals surface area contributed by atoms with Crippen LogP contribution >= 0.6 is 0 Å². The Labute approximate surface area is 78.6 Å². The van der Waals surface area contributed by atoms with Gasteiger partial charge in [-0.3, -0.25) is 0 Å². The van der Waals surface area contributed by atoms with Gasteiger partial charge in [0.25, 0.3) is 0 Å². The summed E-state index contributed by atoms with van der Waals surface area (Å²) in [5.74, 6) is 1.01. The Morgan fingerprint density at radius 2 is 2.08 bits per heavy atom. The number of rotatable bonds is 0. The van der Waals surface area contributed by atoms with Crippen molar-refractivity contribution in [3.8, 4) is 0 Å². The molecule has 0 amide bonds. The van der Waals surface area contributed by atoms with E-state index in [1.807, 2.05) is 6.20 Å². The summed E-state index contributed by atoms with van der Waals surface area (Å²) in [5, 5.41) is 0. The largest absolute Gasteiger partial charge is 0.305 e. The average molecular weight is 174 g/mol. The highest BCUT2D eigenvalue weighted by molar-refractivity contribution is 5.51. The predicted octanol–water partition coefficient (Wildman–Crippen LogP) is 2.72. The fourth-order valence-corrected chi connectivity index (χ4v) is 1.39. The average Bonchev–Trinajstić information content (AvgIpc) is 2.32. The van der Waals surface area contributed by atoms with Gasteiger partial charge in [-0.15, -0.1) is 0 Å². The van der Waals surface area contributed by atoms with Crippen molar-refractivity contribution < 1.29 is 0 Å². The molecule has 0 bridgehead atoms. The SMILES string of the molecule is Cc1cnc2n1C=CC(C)(C)C=C2. The summed E-state index contributed by atoms with van der Waals surface area (Å²) < 4.78 is 2.10. The van der Waals surface area contributed by atoms with Gasteiger partial charge >= 0.3 is 0 Å². The van der Waals surface area contributed by atoms with Gasteiger partial charge in [-0.1, -0.05) is 26.0 Å². The van der Waals surface area contributed by atoms with E-state index in [2.05, 4.69) is 54.8 Å². The second-order valence-electron chi connectivity index (χ2n) is 4.10. The van der Waals surface area contributed by atoms with Crippen molar-refractivity contribution in [2.24, 2.45) is 5.41 Å². The first kappa shape index (κ1) is 8.30. The van der Waals surface area contributed by atoms with Gasteiger partial charge < -0.3 is 4.57 Å². The molecule has 0 unspecified atom stereocenters. The molecule has 2 heteroatoms. The molecule has 0 spiro atoms. The zero-order chi connectivity index (χ0) is 9.47. The molecule has 1 aromatic heterocycles. The zero-order valence-electron chi connectivity index (χ0n) is 8.28. The van der Waals surface area contributed by atoms with Crippen molar-refractivity contribution in [2.45, 2.75) is 20.8 Å². The topological polar surface area (TPSA) is 17.8 Å². The number of imidazole rings is 1. The van der Waals surface area contributed by atoms with Crippen molar-refractivity contribution in [3.05, 3.63) is 29.9 Å². The molecular formula is C11H14N2. The van der Waals surface area contributed by atoms with E-state index in [4.69, 9.17) is 0 Å². The maximum Gasteiger partial charge on any atom is 0.136 e. The molecule has 0 saturated carbocycles. The number of allylic oxidation sites excluding steroid dienone is 2. The second kappa shape index (κ2) is 2.59. The molecule has 0 N–H and O–H groups in total. The molecule has 2 rings (SSSR count). The fourth-order valence-electron chi connectivity index (χ4n) is 1.39. The van der Waals surface area contributed by atoms with Crippen LogP contribution in [0.25, 0.3) is 12.3 Å². The maximum absolute atomic E-state index is 4.31. The van der Waals surface area contributed by atoms with Crippen LogP contribution < -0.4 is 0 Å². The van der Waals surface area contributed by atoms with E-state index < -0.39 is 0 Å². The maximum atomic E-state index is 4.31. The van der Waals surface area contributed by atoms with Crippen molar-refractivity contribution >= 4 is 12.3 Å². The van der Waals surface area contributed by atoms with Crippen LogP contribution in [0.4, 0.5) is 0 Å². The minimum atomic E-state index is 0.132. The van der Waals surface area contributed by atoms with Gasteiger partial charge in [0.05, 0.1) is 0 Å². The van der Waals surface area contributed by atoms with E-state index in [1.165, 1.54) is 5.69 Å². The lowest BCUT2D eigenvalue weighted by Crippen LogP contribution is -2.00. The van der Waals surface area contributed by atoms with E-state index in [1.54, 1.807) is 0 Å². The highest BCUT2D eigenvalue weighted by Crippen LogP contribution is 2.24. The highest BCUT2D eigenvalue weighted by Gasteiger charge is 2.13. The first-order valence-corrected chi connectivity index (χ1v) is 4.51. The van der Waals surface area contributed by atoms with Gasteiger partial charge in [-0.2, -0.15) is 0 Å². The van der Waals surface area contributed by atoms with Gasteiger partial charge in [-0.05, 0) is 13.0 Å². The van der Waals surface area contributed by atoms with Crippen LogP contribution in [-0.4, -0.2) is 9.55 Å². The molecule has 13 heavy (non-hydrogen) atoms. The standard InChI is InChI=1S/C11H14N2/c1-9-8-12-10-4-5-11(2,3)6-7-13(9)10/h4-8H,1-3H3. The molecule has 0 atom stereocenters. The molecule has 2 nitrogen and oxygen atoms in total. The third kappa shape index (κ3) is 1.44.